The maximum atomic E-state index is 5.52. The molecule has 5 heteroatoms. The van der Waals surface area contributed by atoms with E-state index in [2.05, 4.69) is 51.9 Å². The summed E-state index contributed by atoms with van der Waals surface area (Å²) in [6.45, 7) is 6.15. The Morgan fingerprint density at radius 3 is 2.29 bits per heavy atom. The normalized spacial score (nSPS) is 10.5. The maximum Gasteiger partial charge on any atom is 0.148 e. The van der Waals surface area contributed by atoms with Gasteiger partial charge >= 0.3 is 0 Å². The van der Waals surface area contributed by atoms with Gasteiger partial charge in [0, 0.05) is 17.7 Å². The number of rotatable bonds is 6. The molecule has 0 aliphatic heterocycles. The van der Waals surface area contributed by atoms with Crippen molar-refractivity contribution in [3.63, 3.8) is 0 Å². The van der Waals surface area contributed by atoms with Crippen molar-refractivity contribution in [3.05, 3.63) is 41.2 Å². The van der Waals surface area contributed by atoms with Gasteiger partial charge in [0.05, 0.1) is 0 Å². The fraction of sp³-hybridized carbons (Fsp3) is 0.375. The highest BCUT2D eigenvalue weighted by atomic mass is 15.3. The van der Waals surface area contributed by atoms with Crippen LogP contribution in [0.15, 0.2) is 24.3 Å². The van der Waals surface area contributed by atoms with Crippen molar-refractivity contribution in [1.82, 2.24) is 9.97 Å². The standard InChI is InChI=1S/C16H23N5/c1-4-6-12-7-9-13(10-8-12)18-15-11(3)16(21-17)20-14(5-2)19-15/h7-10H,4-6,17H2,1-3H3,(H2,18,19,20,21). The first-order chi connectivity index (χ1) is 10.2. The fourth-order valence-corrected chi connectivity index (χ4v) is 2.16. The van der Waals surface area contributed by atoms with E-state index in [0.29, 0.717) is 5.82 Å². The van der Waals surface area contributed by atoms with Gasteiger partial charge in [-0.3, -0.25) is 0 Å². The summed E-state index contributed by atoms with van der Waals surface area (Å²) in [5.74, 6) is 7.73. The molecule has 0 saturated heterocycles. The number of anilines is 3. The van der Waals surface area contributed by atoms with Crippen molar-refractivity contribution in [2.45, 2.75) is 40.0 Å². The van der Waals surface area contributed by atoms with Crippen LogP contribution in [0, 0.1) is 6.92 Å². The summed E-state index contributed by atoms with van der Waals surface area (Å²) in [7, 11) is 0. The number of hydrogen-bond acceptors (Lipinski definition) is 5. The number of nitrogens with two attached hydrogens (primary N) is 1. The fourth-order valence-electron chi connectivity index (χ4n) is 2.16. The van der Waals surface area contributed by atoms with E-state index in [-0.39, 0.29) is 0 Å². The number of nitrogens with one attached hydrogen (secondary N) is 2. The number of nitrogens with zero attached hydrogens (tertiary/aromatic N) is 2. The van der Waals surface area contributed by atoms with Gasteiger partial charge in [0.25, 0.3) is 0 Å². The molecule has 0 fully saturated rings. The molecule has 1 heterocycles. The first kappa shape index (κ1) is 15.3. The van der Waals surface area contributed by atoms with Crippen LogP contribution >= 0.6 is 0 Å². The van der Waals surface area contributed by atoms with Crippen LogP contribution in [-0.2, 0) is 12.8 Å². The van der Waals surface area contributed by atoms with Crippen molar-refractivity contribution in [3.8, 4) is 0 Å². The molecule has 4 N–H and O–H groups in total. The highest BCUT2D eigenvalue weighted by Gasteiger charge is 2.09. The van der Waals surface area contributed by atoms with Crippen LogP contribution in [0.25, 0.3) is 0 Å². The van der Waals surface area contributed by atoms with Gasteiger partial charge in [0.1, 0.15) is 17.5 Å². The second kappa shape index (κ2) is 7.04. The summed E-state index contributed by atoms with van der Waals surface area (Å²) in [4.78, 5) is 8.90. The van der Waals surface area contributed by atoms with Crippen molar-refractivity contribution >= 4 is 17.3 Å². The van der Waals surface area contributed by atoms with E-state index in [0.717, 1.165) is 42.2 Å². The zero-order valence-electron chi connectivity index (χ0n) is 12.9. The molecule has 0 bridgehead atoms. The summed E-state index contributed by atoms with van der Waals surface area (Å²) in [5, 5.41) is 3.34. The lowest BCUT2D eigenvalue weighted by molar-refractivity contribution is 0.921. The van der Waals surface area contributed by atoms with Crippen LogP contribution < -0.4 is 16.6 Å². The Morgan fingerprint density at radius 1 is 1.05 bits per heavy atom. The molecule has 1 aromatic carbocycles. The lowest BCUT2D eigenvalue weighted by Gasteiger charge is -2.13. The summed E-state index contributed by atoms with van der Waals surface area (Å²) in [6, 6.07) is 8.44. The van der Waals surface area contributed by atoms with Gasteiger partial charge in [-0.2, -0.15) is 0 Å². The van der Waals surface area contributed by atoms with Crippen molar-refractivity contribution in [1.29, 1.82) is 0 Å². The zero-order valence-corrected chi connectivity index (χ0v) is 12.9. The third kappa shape index (κ3) is 3.70. The molecule has 0 aliphatic carbocycles. The van der Waals surface area contributed by atoms with Crippen molar-refractivity contribution in [2.75, 3.05) is 10.7 Å². The summed E-state index contributed by atoms with van der Waals surface area (Å²) >= 11 is 0. The Morgan fingerprint density at radius 2 is 1.71 bits per heavy atom. The molecule has 0 aliphatic rings. The predicted molar refractivity (Wildman–Crippen MR) is 87.7 cm³/mol. The molecule has 0 atom stereocenters. The minimum atomic E-state index is 0.659. The molecular formula is C16H23N5. The molecule has 2 aromatic rings. The molecule has 0 amide bonds. The number of nitrogen functional groups attached to an aromatic ring is 1. The van der Waals surface area contributed by atoms with E-state index in [1.165, 1.54) is 5.56 Å². The second-order valence-electron chi connectivity index (χ2n) is 5.03. The quantitative estimate of drug-likeness (QED) is 0.560. The predicted octanol–water partition coefficient (Wildman–Crippen LogP) is 3.33. The van der Waals surface area contributed by atoms with E-state index in [9.17, 15) is 0 Å². The Balaban J connectivity index is 2.25. The maximum absolute atomic E-state index is 5.52. The minimum Gasteiger partial charge on any atom is -0.340 e. The third-order valence-corrected chi connectivity index (χ3v) is 3.40. The molecule has 21 heavy (non-hydrogen) atoms. The van der Waals surface area contributed by atoms with Crippen LogP contribution in [-0.4, -0.2) is 9.97 Å². The first-order valence-corrected chi connectivity index (χ1v) is 7.38. The van der Waals surface area contributed by atoms with Gasteiger partial charge in [-0.25, -0.2) is 15.8 Å². The Bertz CT molecular complexity index is 592. The van der Waals surface area contributed by atoms with E-state index < -0.39 is 0 Å². The Labute approximate surface area is 126 Å². The summed E-state index contributed by atoms with van der Waals surface area (Å²) < 4.78 is 0. The molecule has 0 unspecified atom stereocenters. The highest BCUT2D eigenvalue weighted by Crippen LogP contribution is 2.23. The SMILES string of the molecule is CCCc1ccc(Nc2nc(CC)nc(NN)c2C)cc1. The molecule has 2 rings (SSSR count). The van der Waals surface area contributed by atoms with Gasteiger partial charge in [-0.1, -0.05) is 32.4 Å². The summed E-state index contributed by atoms with van der Waals surface area (Å²) in [6.07, 6.45) is 3.02. The lowest BCUT2D eigenvalue weighted by atomic mass is 10.1. The Hall–Kier alpha value is -2.14. The van der Waals surface area contributed by atoms with E-state index in [1.807, 2.05) is 13.8 Å². The van der Waals surface area contributed by atoms with Crippen LogP contribution in [0.1, 0.15) is 37.2 Å². The van der Waals surface area contributed by atoms with Gasteiger partial charge in [0.2, 0.25) is 0 Å². The van der Waals surface area contributed by atoms with Crippen molar-refractivity contribution in [2.24, 2.45) is 5.84 Å². The molecule has 0 radical (unpaired) electrons. The van der Waals surface area contributed by atoms with Gasteiger partial charge in [-0.15, -0.1) is 0 Å². The molecule has 1 aromatic heterocycles. The number of aromatic nitrogens is 2. The number of hydrazine groups is 1. The largest absolute Gasteiger partial charge is 0.340 e. The van der Waals surface area contributed by atoms with Gasteiger partial charge in [-0.05, 0) is 31.0 Å². The molecule has 5 nitrogen and oxygen atoms in total. The highest BCUT2D eigenvalue weighted by molar-refractivity contribution is 5.64. The number of hydrogen-bond donors (Lipinski definition) is 3. The lowest BCUT2D eigenvalue weighted by Crippen LogP contribution is -2.13. The smallest absolute Gasteiger partial charge is 0.148 e. The van der Waals surface area contributed by atoms with Gasteiger partial charge in [0.15, 0.2) is 0 Å². The first-order valence-electron chi connectivity index (χ1n) is 7.38. The van der Waals surface area contributed by atoms with Crippen LogP contribution in [0.2, 0.25) is 0 Å². The monoisotopic (exact) mass is 285 g/mol. The van der Waals surface area contributed by atoms with E-state index in [4.69, 9.17) is 5.84 Å². The van der Waals surface area contributed by atoms with E-state index >= 15 is 0 Å². The average molecular weight is 285 g/mol. The number of aryl methyl sites for hydroxylation is 2. The van der Waals surface area contributed by atoms with Gasteiger partial charge < -0.3 is 10.7 Å². The third-order valence-electron chi connectivity index (χ3n) is 3.40. The van der Waals surface area contributed by atoms with Crippen LogP contribution in [0.5, 0.6) is 0 Å². The second-order valence-corrected chi connectivity index (χ2v) is 5.03. The summed E-state index contributed by atoms with van der Waals surface area (Å²) in [5.41, 5.74) is 5.90. The zero-order chi connectivity index (χ0) is 15.2. The van der Waals surface area contributed by atoms with E-state index in [1.54, 1.807) is 0 Å². The Kier molecular flexibility index (Phi) is 5.11. The van der Waals surface area contributed by atoms with Crippen molar-refractivity contribution < 1.29 is 0 Å². The van der Waals surface area contributed by atoms with Crippen LogP contribution in [0.4, 0.5) is 17.3 Å². The molecule has 0 spiro atoms. The topological polar surface area (TPSA) is 75.9 Å². The molecular weight excluding hydrogens is 262 g/mol. The molecule has 0 saturated carbocycles. The number of benzene rings is 1. The minimum absolute atomic E-state index is 0.659. The average Bonchev–Trinajstić information content (AvgIpc) is 2.51. The molecule has 112 valence electrons. The van der Waals surface area contributed by atoms with Crippen LogP contribution in [0.3, 0.4) is 0 Å².